The molecule has 1 N–H and O–H groups in total. The number of rotatable bonds is 3. The van der Waals surface area contributed by atoms with Gasteiger partial charge >= 0.3 is 5.97 Å². The Hall–Kier alpha value is -0.610. The zero-order valence-electron chi connectivity index (χ0n) is 10.7. The number of nitrogens with zero attached hydrogens (tertiary/aromatic N) is 1. The molecule has 0 bridgehead atoms. The lowest BCUT2D eigenvalue weighted by atomic mass is 10.1. The van der Waals surface area contributed by atoms with Gasteiger partial charge in [-0.2, -0.15) is 0 Å². The SMILES string of the molecule is C[C@@H](C(=O)OC(C)(C)C)N1CCC[C@@H]1CO. The van der Waals surface area contributed by atoms with E-state index in [1.807, 2.05) is 32.6 Å². The molecule has 0 aromatic carbocycles. The van der Waals surface area contributed by atoms with E-state index in [-0.39, 0.29) is 24.7 Å². The zero-order chi connectivity index (χ0) is 12.3. The Bertz CT molecular complexity index is 247. The Balaban J connectivity index is 2.56. The Morgan fingerprint density at radius 3 is 2.69 bits per heavy atom. The van der Waals surface area contributed by atoms with E-state index in [0.717, 1.165) is 19.4 Å². The van der Waals surface area contributed by atoms with Crippen LogP contribution < -0.4 is 0 Å². The van der Waals surface area contributed by atoms with Crippen molar-refractivity contribution in [1.29, 1.82) is 0 Å². The third kappa shape index (κ3) is 3.46. The summed E-state index contributed by atoms with van der Waals surface area (Å²) < 4.78 is 5.34. The third-order valence-electron chi connectivity index (χ3n) is 2.88. The average Bonchev–Trinajstić information content (AvgIpc) is 2.61. The second kappa shape index (κ2) is 5.15. The highest BCUT2D eigenvalue weighted by molar-refractivity contribution is 5.75. The third-order valence-corrected chi connectivity index (χ3v) is 2.88. The van der Waals surface area contributed by atoms with Crippen LogP contribution in [0.15, 0.2) is 0 Å². The summed E-state index contributed by atoms with van der Waals surface area (Å²) in [7, 11) is 0. The fraction of sp³-hybridized carbons (Fsp3) is 0.917. The summed E-state index contributed by atoms with van der Waals surface area (Å²) in [6.07, 6.45) is 2.00. The van der Waals surface area contributed by atoms with Crippen molar-refractivity contribution in [3.8, 4) is 0 Å². The molecule has 1 aliphatic rings. The van der Waals surface area contributed by atoms with E-state index in [0.29, 0.717) is 0 Å². The van der Waals surface area contributed by atoms with Crippen LogP contribution in [0.1, 0.15) is 40.5 Å². The summed E-state index contributed by atoms with van der Waals surface area (Å²) in [6, 6.07) is -0.151. The lowest BCUT2D eigenvalue weighted by Crippen LogP contribution is -2.46. The molecule has 4 heteroatoms. The lowest BCUT2D eigenvalue weighted by Gasteiger charge is -2.30. The van der Waals surface area contributed by atoms with Gasteiger partial charge in [0, 0.05) is 6.04 Å². The predicted octanol–water partition coefficient (Wildman–Crippen LogP) is 1.17. The number of carbonyl (C=O) groups is 1. The monoisotopic (exact) mass is 229 g/mol. The van der Waals surface area contributed by atoms with Gasteiger partial charge in [-0.1, -0.05) is 0 Å². The van der Waals surface area contributed by atoms with E-state index in [2.05, 4.69) is 0 Å². The molecule has 0 unspecified atom stereocenters. The van der Waals surface area contributed by atoms with Crippen LogP contribution in [0.25, 0.3) is 0 Å². The van der Waals surface area contributed by atoms with Crippen LogP contribution in [0, 0.1) is 0 Å². The van der Waals surface area contributed by atoms with Gasteiger partial charge in [0.05, 0.1) is 6.61 Å². The highest BCUT2D eigenvalue weighted by Crippen LogP contribution is 2.21. The summed E-state index contributed by atoms with van der Waals surface area (Å²) in [5.74, 6) is -0.201. The quantitative estimate of drug-likeness (QED) is 0.738. The molecule has 0 spiro atoms. The summed E-state index contributed by atoms with van der Waals surface area (Å²) in [5, 5.41) is 9.21. The van der Waals surface area contributed by atoms with E-state index in [9.17, 15) is 9.90 Å². The fourth-order valence-corrected chi connectivity index (χ4v) is 2.09. The molecule has 1 heterocycles. The van der Waals surface area contributed by atoms with Crippen molar-refractivity contribution in [3.63, 3.8) is 0 Å². The first-order chi connectivity index (χ1) is 7.35. The predicted molar refractivity (Wildman–Crippen MR) is 62.1 cm³/mol. The first-order valence-electron chi connectivity index (χ1n) is 5.94. The van der Waals surface area contributed by atoms with Crippen molar-refractivity contribution in [2.24, 2.45) is 0 Å². The van der Waals surface area contributed by atoms with Crippen molar-refractivity contribution >= 4 is 5.97 Å². The molecule has 16 heavy (non-hydrogen) atoms. The van der Waals surface area contributed by atoms with Crippen molar-refractivity contribution in [1.82, 2.24) is 4.90 Å². The van der Waals surface area contributed by atoms with Crippen molar-refractivity contribution in [2.75, 3.05) is 13.2 Å². The highest BCUT2D eigenvalue weighted by Gasteiger charge is 2.33. The molecule has 0 aliphatic carbocycles. The molecule has 4 nitrogen and oxygen atoms in total. The Morgan fingerprint density at radius 1 is 1.56 bits per heavy atom. The van der Waals surface area contributed by atoms with Crippen molar-refractivity contribution in [3.05, 3.63) is 0 Å². The Kier molecular flexibility index (Phi) is 4.33. The summed E-state index contributed by atoms with van der Waals surface area (Å²) in [5.41, 5.74) is -0.445. The second-order valence-electron chi connectivity index (χ2n) is 5.43. The Morgan fingerprint density at radius 2 is 2.19 bits per heavy atom. The maximum Gasteiger partial charge on any atom is 0.323 e. The molecule has 2 atom stereocenters. The molecule has 0 aromatic heterocycles. The standard InChI is InChI=1S/C12H23NO3/c1-9(11(15)16-12(2,3)4)13-7-5-6-10(13)8-14/h9-10,14H,5-8H2,1-4H3/t9-,10+/m0/s1. The maximum absolute atomic E-state index is 11.9. The topological polar surface area (TPSA) is 49.8 Å². The van der Waals surface area contributed by atoms with Gasteiger partial charge in [-0.3, -0.25) is 9.69 Å². The van der Waals surface area contributed by atoms with Crippen LogP contribution in [0.4, 0.5) is 0 Å². The molecule has 0 radical (unpaired) electrons. The maximum atomic E-state index is 11.9. The first-order valence-corrected chi connectivity index (χ1v) is 5.94. The van der Waals surface area contributed by atoms with Gasteiger partial charge in [0.1, 0.15) is 11.6 Å². The number of ether oxygens (including phenoxy) is 1. The molecule has 1 fully saturated rings. The molecule has 1 rings (SSSR count). The van der Waals surface area contributed by atoms with Crippen LogP contribution in [-0.2, 0) is 9.53 Å². The number of aliphatic hydroxyl groups is 1. The van der Waals surface area contributed by atoms with Gasteiger partial charge in [-0.25, -0.2) is 0 Å². The van der Waals surface area contributed by atoms with Crippen LogP contribution in [0.3, 0.4) is 0 Å². The van der Waals surface area contributed by atoms with Gasteiger partial charge < -0.3 is 9.84 Å². The molecule has 0 aromatic rings. The number of hydrogen-bond donors (Lipinski definition) is 1. The fourth-order valence-electron chi connectivity index (χ4n) is 2.09. The molecule has 1 saturated heterocycles. The van der Waals surface area contributed by atoms with E-state index in [1.165, 1.54) is 0 Å². The minimum Gasteiger partial charge on any atom is -0.459 e. The minimum absolute atomic E-state index is 0.113. The molecule has 0 amide bonds. The number of carbonyl (C=O) groups excluding carboxylic acids is 1. The molecule has 0 saturated carbocycles. The molecular formula is C12H23NO3. The number of esters is 1. The van der Waals surface area contributed by atoms with Crippen molar-refractivity contribution in [2.45, 2.75) is 58.2 Å². The van der Waals surface area contributed by atoms with Crippen LogP contribution >= 0.6 is 0 Å². The lowest BCUT2D eigenvalue weighted by molar-refractivity contribution is -0.161. The highest BCUT2D eigenvalue weighted by atomic mass is 16.6. The molecule has 94 valence electrons. The Labute approximate surface area is 97.6 Å². The van der Waals surface area contributed by atoms with Gasteiger partial charge in [0.15, 0.2) is 0 Å². The van der Waals surface area contributed by atoms with Gasteiger partial charge in [0.25, 0.3) is 0 Å². The number of hydrogen-bond acceptors (Lipinski definition) is 4. The molecule has 1 aliphatic heterocycles. The van der Waals surface area contributed by atoms with Crippen molar-refractivity contribution < 1.29 is 14.6 Å². The van der Waals surface area contributed by atoms with Gasteiger partial charge in [0.2, 0.25) is 0 Å². The van der Waals surface area contributed by atoms with E-state index >= 15 is 0 Å². The number of likely N-dealkylation sites (tertiary alicyclic amines) is 1. The first kappa shape index (κ1) is 13.5. The second-order valence-corrected chi connectivity index (χ2v) is 5.43. The van der Waals surface area contributed by atoms with E-state index in [1.54, 1.807) is 0 Å². The smallest absolute Gasteiger partial charge is 0.323 e. The van der Waals surface area contributed by atoms with Crippen LogP contribution in [0.2, 0.25) is 0 Å². The minimum atomic E-state index is -0.445. The van der Waals surface area contributed by atoms with Gasteiger partial charge in [-0.05, 0) is 47.1 Å². The summed E-state index contributed by atoms with van der Waals surface area (Å²) in [4.78, 5) is 13.9. The summed E-state index contributed by atoms with van der Waals surface area (Å²) in [6.45, 7) is 8.43. The average molecular weight is 229 g/mol. The van der Waals surface area contributed by atoms with Crippen LogP contribution in [0.5, 0.6) is 0 Å². The van der Waals surface area contributed by atoms with Crippen LogP contribution in [-0.4, -0.2) is 46.8 Å². The zero-order valence-corrected chi connectivity index (χ0v) is 10.7. The largest absolute Gasteiger partial charge is 0.459 e. The molecular weight excluding hydrogens is 206 g/mol. The van der Waals surface area contributed by atoms with Gasteiger partial charge in [-0.15, -0.1) is 0 Å². The normalized spacial score (nSPS) is 24.4. The summed E-state index contributed by atoms with van der Waals surface area (Å²) >= 11 is 0. The van der Waals surface area contributed by atoms with E-state index < -0.39 is 5.60 Å². The number of aliphatic hydroxyl groups excluding tert-OH is 1. The van der Waals surface area contributed by atoms with E-state index in [4.69, 9.17) is 4.74 Å².